The van der Waals surface area contributed by atoms with Crippen molar-refractivity contribution in [2.75, 3.05) is 6.79 Å². The molecule has 3 heterocycles. The summed E-state index contributed by atoms with van der Waals surface area (Å²) in [7, 11) is 0. The van der Waals surface area contributed by atoms with E-state index in [1.165, 1.54) is 0 Å². The van der Waals surface area contributed by atoms with Crippen molar-refractivity contribution in [1.82, 2.24) is 9.97 Å². The van der Waals surface area contributed by atoms with Crippen molar-refractivity contribution in [2.24, 2.45) is 0 Å². The van der Waals surface area contributed by atoms with Crippen LogP contribution in [0.1, 0.15) is 0 Å². The summed E-state index contributed by atoms with van der Waals surface area (Å²) in [4.78, 5) is 8.84. The third-order valence-electron chi connectivity index (χ3n) is 3.13. The van der Waals surface area contributed by atoms with E-state index in [2.05, 4.69) is 9.97 Å². The quantitative estimate of drug-likeness (QED) is 0.666. The fourth-order valence-corrected chi connectivity index (χ4v) is 2.17. The Balaban J connectivity index is 1.85. The molecule has 0 saturated heterocycles. The van der Waals surface area contributed by atoms with E-state index in [1.807, 2.05) is 42.5 Å². The summed E-state index contributed by atoms with van der Waals surface area (Å²) >= 11 is 0. The highest BCUT2D eigenvalue weighted by Crippen LogP contribution is 2.35. The van der Waals surface area contributed by atoms with Gasteiger partial charge in [0.05, 0.1) is 5.69 Å². The molecule has 1 aromatic carbocycles. The lowest BCUT2D eigenvalue weighted by atomic mass is 10.1. The number of hydrogen-bond donors (Lipinski definition) is 0. The molecule has 0 atom stereocenters. The third-order valence-corrected chi connectivity index (χ3v) is 3.13. The molecule has 19 heavy (non-hydrogen) atoms. The molecule has 3 aromatic rings. The van der Waals surface area contributed by atoms with Crippen molar-refractivity contribution in [3.8, 4) is 22.8 Å². The molecular formula is C15H10N2O2. The van der Waals surface area contributed by atoms with Crippen molar-refractivity contribution in [1.29, 1.82) is 0 Å². The lowest BCUT2D eigenvalue weighted by Gasteiger charge is -2.04. The van der Waals surface area contributed by atoms with E-state index in [-0.39, 0.29) is 6.79 Å². The second kappa shape index (κ2) is 3.95. The Kier molecular flexibility index (Phi) is 2.14. The minimum Gasteiger partial charge on any atom is -0.454 e. The maximum atomic E-state index is 5.38. The fourth-order valence-electron chi connectivity index (χ4n) is 2.17. The highest BCUT2D eigenvalue weighted by molar-refractivity contribution is 5.78. The monoisotopic (exact) mass is 250 g/mol. The first-order valence-corrected chi connectivity index (χ1v) is 6.02. The molecule has 4 nitrogen and oxygen atoms in total. The molecular weight excluding hydrogens is 240 g/mol. The normalized spacial score (nSPS) is 12.8. The van der Waals surface area contributed by atoms with Crippen LogP contribution in [0.2, 0.25) is 0 Å². The standard InChI is InChI=1S/C15H10N2O2/c1-2-10-3-5-12(17-15(10)16-7-1)11-4-6-13-14(8-11)19-9-18-13/h1-8H,9H2. The van der Waals surface area contributed by atoms with Crippen LogP contribution in [0, 0.1) is 0 Å². The first-order chi connectivity index (χ1) is 9.40. The number of aromatic nitrogens is 2. The van der Waals surface area contributed by atoms with Crippen LogP contribution in [0.15, 0.2) is 48.7 Å². The molecule has 0 saturated carbocycles. The summed E-state index contributed by atoms with van der Waals surface area (Å²) in [5.74, 6) is 1.54. The summed E-state index contributed by atoms with van der Waals surface area (Å²) in [6.45, 7) is 0.283. The molecule has 1 aliphatic heterocycles. The smallest absolute Gasteiger partial charge is 0.231 e. The minimum atomic E-state index is 0.283. The van der Waals surface area contributed by atoms with Gasteiger partial charge in [0.25, 0.3) is 0 Å². The number of benzene rings is 1. The molecule has 0 amide bonds. The number of hydrogen-bond acceptors (Lipinski definition) is 4. The van der Waals surface area contributed by atoms with Gasteiger partial charge in [0.15, 0.2) is 17.1 Å². The second-order valence-electron chi connectivity index (χ2n) is 4.31. The van der Waals surface area contributed by atoms with E-state index in [9.17, 15) is 0 Å². The van der Waals surface area contributed by atoms with Crippen molar-refractivity contribution >= 4 is 11.0 Å². The van der Waals surface area contributed by atoms with Crippen LogP contribution >= 0.6 is 0 Å². The number of fused-ring (bicyclic) bond motifs is 2. The van der Waals surface area contributed by atoms with Gasteiger partial charge in [0.2, 0.25) is 6.79 Å². The lowest BCUT2D eigenvalue weighted by molar-refractivity contribution is 0.174. The number of pyridine rings is 2. The van der Waals surface area contributed by atoms with E-state index in [1.54, 1.807) is 6.20 Å². The summed E-state index contributed by atoms with van der Waals surface area (Å²) < 4.78 is 10.7. The Morgan fingerprint density at radius 2 is 1.89 bits per heavy atom. The van der Waals surface area contributed by atoms with Crippen LogP contribution in [0.25, 0.3) is 22.3 Å². The summed E-state index contributed by atoms with van der Waals surface area (Å²) in [5.41, 5.74) is 2.62. The van der Waals surface area contributed by atoms with E-state index < -0.39 is 0 Å². The molecule has 0 aliphatic carbocycles. The van der Waals surface area contributed by atoms with Gasteiger partial charge in [-0.1, -0.05) is 0 Å². The van der Waals surface area contributed by atoms with Crippen LogP contribution in [0.4, 0.5) is 0 Å². The molecule has 0 fully saturated rings. The molecule has 0 bridgehead atoms. The highest BCUT2D eigenvalue weighted by Gasteiger charge is 2.14. The Morgan fingerprint density at radius 3 is 2.89 bits per heavy atom. The largest absolute Gasteiger partial charge is 0.454 e. The summed E-state index contributed by atoms with van der Waals surface area (Å²) in [6, 6.07) is 13.7. The van der Waals surface area contributed by atoms with E-state index in [4.69, 9.17) is 9.47 Å². The van der Waals surface area contributed by atoms with Crippen molar-refractivity contribution in [3.63, 3.8) is 0 Å². The Bertz CT molecular complexity index is 771. The SMILES string of the molecule is c1cnc2nc(-c3ccc4c(c3)OCO4)ccc2c1. The van der Waals surface area contributed by atoms with E-state index >= 15 is 0 Å². The van der Waals surface area contributed by atoms with Gasteiger partial charge in [0.1, 0.15) is 0 Å². The summed E-state index contributed by atoms with van der Waals surface area (Å²) in [5, 5.41) is 1.03. The maximum Gasteiger partial charge on any atom is 0.231 e. The first kappa shape index (κ1) is 10.3. The maximum absolute atomic E-state index is 5.38. The topological polar surface area (TPSA) is 44.2 Å². The van der Waals surface area contributed by atoms with Crippen molar-refractivity contribution in [2.45, 2.75) is 0 Å². The van der Waals surface area contributed by atoms with Gasteiger partial charge in [0, 0.05) is 17.1 Å². The second-order valence-corrected chi connectivity index (χ2v) is 4.31. The van der Waals surface area contributed by atoms with Crippen LogP contribution in [0.5, 0.6) is 11.5 Å². The van der Waals surface area contributed by atoms with Crippen LogP contribution in [-0.4, -0.2) is 16.8 Å². The zero-order chi connectivity index (χ0) is 12.7. The number of nitrogens with zero attached hydrogens (tertiary/aromatic N) is 2. The predicted octanol–water partition coefficient (Wildman–Crippen LogP) is 3.03. The van der Waals surface area contributed by atoms with Gasteiger partial charge in [-0.15, -0.1) is 0 Å². The predicted molar refractivity (Wildman–Crippen MR) is 71.1 cm³/mol. The Morgan fingerprint density at radius 1 is 0.947 bits per heavy atom. The van der Waals surface area contributed by atoms with E-state index in [0.29, 0.717) is 0 Å². The molecule has 1 aliphatic rings. The highest BCUT2D eigenvalue weighted by atomic mass is 16.7. The minimum absolute atomic E-state index is 0.283. The molecule has 0 radical (unpaired) electrons. The molecule has 4 heteroatoms. The number of ether oxygens (including phenoxy) is 2. The van der Waals surface area contributed by atoms with Crippen molar-refractivity contribution < 1.29 is 9.47 Å². The first-order valence-electron chi connectivity index (χ1n) is 6.02. The molecule has 2 aromatic heterocycles. The van der Waals surface area contributed by atoms with Crippen LogP contribution < -0.4 is 9.47 Å². The molecule has 0 spiro atoms. The Labute approximate surface area is 109 Å². The van der Waals surface area contributed by atoms with Gasteiger partial charge >= 0.3 is 0 Å². The van der Waals surface area contributed by atoms with Gasteiger partial charge < -0.3 is 9.47 Å². The lowest BCUT2D eigenvalue weighted by Crippen LogP contribution is -1.92. The Hall–Kier alpha value is -2.62. The van der Waals surface area contributed by atoms with Crippen LogP contribution in [0.3, 0.4) is 0 Å². The van der Waals surface area contributed by atoms with Gasteiger partial charge in [-0.25, -0.2) is 9.97 Å². The van der Waals surface area contributed by atoms with E-state index in [0.717, 1.165) is 33.8 Å². The molecule has 4 rings (SSSR count). The molecule has 92 valence electrons. The van der Waals surface area contributed by atoms with Gasteiger partial charge in [-0.05, 0) is 42.5 Å². The summed E-state index contributed by atoms with van der Waals surface area (Å²) in [6.07, 6.45) is 1.75. The fraction of sp³-hybridized carbons (Fsp3) is 0.0667. The average molecular weight is 250 g/mol. The average Bonchev–Trinajstić information content (AvgIpc) is 2.94. The van der Waals surface area contributed by atoms with Gasteiger partial charge in [-0.3, -0.25) is 0 Å². The zero-order valence-electron chi connectivity index (χ0n) is 10.0. The molecule has 0 unspecified atom stereocenters. The van der Waals surface area contributed by atoms with Crippen LogP contribution in [-0.2, 0) is 0 Å². The van der Waals surface area contributed by atoms with Gasteiger partial charge in [-0.2, -0.15) is 0 Å². The zero-order valence-corrected chi connectivity index (χ0v) is 10.0. The molecule has 0 N–H and O–H groups in total. The number of rotatable bonds is 1. The van der Waals surface area contributed by atoms with Crippen molar-refractivity contribution in [3.05, 3.63) is 48.7 Å². The third kappa shape index (κ3) is 1.69.